The SMILES string of the molecule is CCCCCOc1ccc(S(=O)(=O)F)cc1C(C)C. The van der Waals surface area contributed by atoms with Gasteiger partial charge in [-0.25, -0.2) is 0 Å². The Kier molecular flexibility index (Phi) is 5.79. The molecule has 0 heterocycles. The smallest absolute Gasteiger partial charge is 0.332 e. The van der Waals surface area contributed by atoms with Crippen LogP contribution in [-0.4, -0.2) is 15.0 Å². The van der Waals surface area contributed by atoms with Gasteiger partial charge in [-0.15, -0.1) is 3.89 Å². The van der Waals surface area contributed by atoms with Crippen molar-refractivity contribution in [2.45, 2.75) is 50.8 Å². The van der Waals surface area contributed by atoms with Gasteiger partial charge >= 0.3 is 10.2 Å². The maximum absolute atomic E-state index is 13.0. The highest BCUT2D eigenvalue weighted by molar-refractivity contribution is 7.86. The summed E-state index contributed by atoms with van der Waals surface area (Å²) in [4.78, 5) is -0.308. The third-order valence-corrected chi connectivity index (χ3v) is 3.71. The summed E-state index contributed by atoms with van der Waals surface area (Å²) in [6.07, 6.45) is 3.16. The number of benzene rings is 1. The van der Waals surface area contributed by atoms with Crippen molar-refractivity contribution in [3.05, 3.63) is 23.8 Å². The zero-order valence-electron chi connectivity index (χ0n) is 11.6. The monoisotopic (exact) mass is 288 g/mol. The first-order valence-electron chi connectivity index (χ1n) is 6.57. The molecule has 0 amide bonds. The van der Waals surface area contributed by atoms with Gasteiger partial charge in [0, 0.05) is 0 Å². The predicted octanol–water partition coefficient (Wildman–Crippen LogP) is 4.04. The fourth-order valence-electron chi connectivity index (χ4n) is 1.80. The van der Waals surface area contributed by atoms with Crippen LogP contribution in [0.1, 0.15) is 51.5 Å². The zero-order valence-corrected chi connectivity index (χ0v) is 12.5. The number of halogens is 1. The number of unbranched alkanes of at least 4 members (excludes halogenated alkanes) is 2. The van der Waals surface area contributed by atoms with Crippen molar-refractivity contribution in [2.75, 3.05) is 6.61 Å². The summed E-state index contributed by atoms with van der Waals surface area (Å²) in [7, 11) is -4.66. The molecule has 0 spiro atoms. The van der Waals surface area contributed by atoms with Crippen LogP contribution >= 0.6 is 0 Å². The highest BCUT2D eigenvalue weighted by Gasteiger charge is 2.16. The van der Waals surface area contributed by atoms with E-state index in [1.807, 2.05) is 13.8 Å². The molecule has 0 aromatic heterocycles. The van der Waals surface area contributed by atoms with Crippen molar-refractivity contribution in [3.63, 3.8) is 0 Å². The van der Waals surface area contributed by atoms with E-state index in [-0.39, 0.29) is 10.8 Å². The van der Waals surface area contributed by atoms with Crippen LogP contribution in [0.15, 0.2) is 23.1 Å². The number of hydrogen-bond acceptors (Lipinski definition) is 3. The molecule has 0 atom stereocenters. The summed E-state index contributed by atoms with van der Waals surface area (Å²) in [5.41, 5.74) is 0.718. The summed E-state index contributed by atoms with van der Waals surface area (Å²) >= 11 is 0. The van der Waals surface area contributed by atoms with E-state index < -0.39 is 10.2 Å². The minimum absolute atomic E-state index is 0.0721. The highest BCUT2D eigenvalue weighted by Crippen LogP contribution is 2.29. The van der Waals surface area contributed by atoms with E-state index in [9.17, 15) is 12.3 Å². The van der Waals surface area contributed by atoms with E-state index in [4.69, 9.17) is 4.74 Å². The van der Waals surface area contributed by atoms with Crippen LogP contribution in [-0.2, 0) is 10.2 Å². The van der Waals surface area contributed by atoms with Gasteiger partial charge in [0.2, 0.25) is 0 Å². The van der Waals surface area contributed by atoms with Gasteiger partial charge in [-0.3, -0.25) is 0 Å². The van der Waals surface area contributed by atoms with Crippen LogP contribution in [0, 0.1) is 0 Å². The van der Waals surface area contributed by atoms with Gasteiger partial charge in [-0.2, -0.15) is 8.42 Å². The molecule has 0 fully saturated rings. The van der Waals surface area contributed by atoms with Crippen LogP contribution in [0.2, 0.25) is 0 Å². The molecule has 3 nitrogen and oxygen atoms in total. The fourth-order valence-corrected chi connectivity index (χ4v) is 2.29. The Morgan fingerprint density at radius 1 is 1.26 bits per heavy atom. The Bertz CT molecular complexity index is 509. The molecular weight excluding hydrogens is 267 g/mol. The molecule has 19 heavy (non-hydrogen) atoms. The van der Waals surface area contributed by atoms with Crippen molar-refractivity contribution in [3.8, 4) is 5.75 Å². The Labute approximate surface area is 115 Å². The third kappa shape index (κ3) is 4.82. The van der Waals surface area contributed by atoms with Gasteiger partial charge in [-0.1, -0.05) is 33.6 Å². The highest BCUT2D eigenvalue weighted by atomic mass is 32.3. The quantitative estimate of drug-likeness (QED) is 0.562. The summed E-state index contributed by atoms with van der Waals surface area (Å²) in [6.45, 7) is 6.54. The van der Waals surface area contributed by atoms with E-state index in [0.29, 0.717) is 12.4 Å². The van der Waals surface area contributed by atoms with Gasteiger partial charge in [0.05, 0.1) is 11.5 Å². The average molecular weight is 288 g/mol. The summed E-state index contributed by atoms with van der Waals surface area (Å²) in [6, 6.07) is 4.14. The number of hydrogen-bond donors (Lipinski definition) is 0. The van der Waals surface area contributed by atoms with Gasteiger partial charge in [0.1, 0.15) is 5.75 Å². The van der Waals surface area contributed by atoms with Gasteiger partial charge in [-0.05, 0) is 36.1 Å². The standard InChI is InChI=1S/C14H21FO3S/c1-4-5-6-9-18-14-8-7-12(19(15,16)17)10-13(14)11(2)3/h7-8,10-11H,4-6,9H2,1-3H3. The molecule has 0 radical (unpaired) electrons. The van der Waals surface area contributed by atoms with Crippen LogP contribution in [0.5, 0.6) is 5.75 Å². The van der Waals surface area contributed by atoms with E-state index in [0.717, 1.165) is 24.8 Å². The van der Waals surface area contributed by atoms with Gasteiger partial charge in [0.15, 0.2) is 0 Å². The molecule has 5 heteroatoms. The predicted molar refractivity (Wildman–Crippen MR) is 73.8 cm³/mol. The van der Waals surface area contributed by atoms with Gasteiger partial charge in [0.25, 0.3) is 0 Å². The second-order valence-corrected chi connectivity index (χ2v) is 6.19. The first-order chi connectivity index (χ1) is 8.86. The van der Waals surface area contributed by atoms with Crippen LogP contribution in [0.4, 0.5) is 3.89 Å². The lowest BCUT2D eigenvalue weighted by atomic mass is 10.0. The maximum atomic E-state index is 13.0. The molecule has 0 N–H and O–H groups in total. The molecule has 0 aliphatic heterocycles. The largest absolute Gasteiger partial charge is 0.493 e. The second-order valence-electron chi connectivity index (χ2n) is 4.85. The van der Waals surface area contributed by atoms with Crippen molar-refractivity contribution in [1.82, 2.24) is 0 Å². The molecule has 1 aromatic rings. The Balaban J connectivity index is 2.93. The molecule has 0 unspecified atom stereocenters. The molecule has 0 bridgehead atoms. The molecule has 0 saturated heterocycles. The lowest BCUT2D eigenvalue weighted by molar-refractivity contribution is 0.302. The van der Waals surface area contributed by atoms with E-state index in [1.165, 1.54) is 18.2 Å². The molecule has 1 rings (SSSR count). The van der Waals surface area contributed by atoms with E-state index in [1.54, 1.807) is 0 Å². The lowest BCUT2D eigenvalue weighted by Gasteiger charge is -2.14. The lowest BCUT2D eigenvalue weighted by Crippen LogP contribution is -2.03. The Morgan fingerprint density at radius 3 is 2.47 bits per heavy atom. The van der Waals surface area contributed by atoms with Crippen LogP contribution in [0.3, 0.4) is 0 Å². The summed E-state index contributed by atoms with van der Waals surface area (Å²) in [5.74, 6) is 0.710. The first kappa shape index (κ1) is 16.0. The molecule has 0 saturated carbocycles. The fraction of sp³-hybridized carbons (Fsp3) is 0.571. The minimum Gasteiger partial charge on any atom is -0.493 e. The van der Waals surface area contributed by atoms with Gasteiger partial charge < -0.3 is 4.74 Å². The molecule has 1 aromatic carbocycles. The zero-order chi connectivity index (χ0) is 14.5. The number of ether oxygens (including phenoxy) is 1. The van der Waals surface area contributed by atoms with Crippen molar-refractivity contribution in [2.24, 2.45) is 0 Å². The van der Waals surface area contributed by atoms with E-state index >= 15 is 0 Å². The van der Waals surface area contributed by atoms with Crippen LogP contribution < -0.4 is 4.74 Å². The summed E-state index contributed by atoms with van der Waals surface area (Å²) in [5, 5.41) is 0. The third-order valence-electron chi connectivity index (χ3n) is 2.89. The topological polar surface area (TPSA) is 43.4 Å². The van der Waals surface area contributed by atoms with Crippen molar-refractivity contribution >= 4 is 10.2 Å². The molecule has 0 aliphatic carbocycles. The molecule has 0 aliphatic rings. The molecular formula is C14H21FO3S. The Hall–Kier alpha value is -1.10. The van der Waals surface area contributed by atoms with Crippen molar-refractivity contribution in [1.29, 1.82) is 0 Å². The first-order valence-corrected chi connectivity index (χ1v) is 7.96. The van der Waals surface area contributed by atoms with Crippen LogP contribution in [0.25, 0.3) is 0 Å². The Morgan fingerprint density at radius 2 is 1.95 bits per heavy atom. The average Bonchev–Trinajstić information content (AvgIpc) is 2.33. The second kappa shape index (κ2) is 6.89. The maximum Gasteiger partial charge on any atom is 0.332 e. The minimum atomic E-state index is -4.66. The van der Waals surface area contributed by atoms with Crippen molar-refractivity contribution < 1.29 is 17.0 Å². The summed E-state index contributed by atoms with van der Waals surface area (Å²) < 4.78 is 40.5. The normalized spacial score (nSPS) is 11.8. The van der Waals surface area contributed by atoms with E-state index in [2.05, 4.69) is 6.92 Å². The number of rotatable bonds is 7. The molecule has 108 valence electrons.